The zero-order chi connectivity index (χ0) is 25.7. The number of rotatable bonds is 8. The van der Waals surface area contributed by atoms with Gasteiger partial charge in [0.1, 0.15) is 6.61 Å². The van der Waals surface area contributed by atoms with Gasteiger partial charge < -0.3 is 9.47 Å². The Kier molecular flexibility index (Phi) is 8.45. The van der Waals surface area contributed by atoms with E-state index in [-0.39, 0.29) is 4.32 Å². The fraction of sp³-hybridized carbons (Fsp3) is 0.148. The van der Waals surface area contributed by atoms with E-state index in [0.717, 1.165) is 33.5 Å². The third-order valence-corrected chi connectivity index (χ3v) is 7.20. The van der Waals surface area contributed by atoms with E-state index >= 15 is 0 Å². The monoisotopic (exact) mass is 582 g/mol. The summed E-state index contributed by atoms with van der Waals surface area (Å²) in [6, 6.07) is 20.3. The average Bonchev–Trinajstić information content (AvgIpc) is 3.12. The second-order valence-electron chi connectivity index (χ2n) is 7.80. The van der Waals surface area contributed by atoms with Gasteiger partial charge in [-0.3, -0.25) is 15.0 Å². The molecular weight excluding hydrogens is 560 g/mol. The Balaban J connectivity index is 1.54. The number of benzene rings is 3. The largest absolute Gasteiger partial charge is 0.490 e. The Hall–Kier alpha value is -3.14. The van der Waals surface area contributed by atoms with Crippen molar-refractivity contribution in [3.8, 4) is 11.5 Å². The molecule has 0 bridgehead atoms. The number of ether oxygens (including phenoxy) is 2. The van der Waals surface area contributed by atoms with Crippen LogP contribution in [0.15, 0.2) is 76.1 Å². The highest BCUT2D eigenvalue weighted by Crippen LogP contribution is 2.39. The molecule has 1 fully saturated rings. The molecule has 184 valence electrons. The van der Waals surface area contributed by atoms with Gasteiger partial charge in [-0.05, 0) is 89.0 Å². The Morgan fingerprint density at radius 2 is 1.83 bits per heavy atom. The Morgan fingerprint density at radius 3 is 2.56 bits per heavy atom. The number of hydrogen-bond acceptors (Lipinski definition) is 6. The normalized spacial score (nSPS) is 14.3. The van der Waals surface area contributed by atoms with Crippen molar-refractivity contribution in [2.24, 2.45) is 0 Å². The van der Waals surface area contributed by atoms with E-state index in [1.165, 1.54) is 0 Å². The second-order valence-corrected chi connectivity index (χ2v) is 10.3. The topological polar surface area (TPSA) is 67.9 Å². The minimum absolute atomic E-state index is 0.248. The molecule has 1 N–H and O–H groups in total. The summed E-state index contributed by atoms with van der Waals surface area (Å²) in [6.45, 7) is 4.78. The van der Waals surface area contributed by atoms with Crippen molar-refractivity contribution in [3.63, 3.8) is 0 Å². The van der Waals surface area contributed by atoms with Crippen molar-refractivity contribution in [2.75, 3.05) is 6.61 Å². The van der Waals surface area contributed by atoms with Crippen LogP contribution in [0, 0.1) is 6.92 Å². The molecule has 3 aromatic rings. The average molecular weight is 584 g/mol. The number of thiocarbonyl (C=S) groups is 1. The van der Waals surface area contributed by atoms with Crippen molar-refractivity contribution in [1.82, 2.24) is 10.4 Å². The fourth-order valence-electron chi connectivity index (χ4n) is 3.47. The van der Waals surface area contributed by atoms with E-state index in [0.29, 0.717) is 39.7 Å². The molecule has 1 aliphatic rings. The van der Waals surface area contributed by atoms with Gasteiger partial charge in [0.15, 0.2) is 15.8 Å². The molecule has 0 saturated carbocycles. The van der Waals surface area contributed by atoms with Gasteiger partial charge in [-0.2, -0.15) is 5.01 Å². The molecule has 3 aromatic carbocycles. The minimum Gasteiger partial charge on any atom is -0.490 e. The molecule has 0 spiro atoms. The summed E-state index contributed by atoms with van der Waals surface area (Å²) in [5.74, 6) is 0.326. The number of nitrogens with zero attached hydrogens (tertiary/aromatic N) is 1. The lowest BCUT2D eigenvalue weighted by Crippen LogP contribution is -2.44. The number of halogens is 1. The van der Waals surface area contributed by atoms with Crippen LogP contribution >= 0.6 is 39.9 Å². The maximum atomic E-state index is 13.0. The molecule has 4 rings (SSSR count). The van der Waals surface area contributed by atoms with Crippen molar-refractivity contribution in [3.05, 3.63) is 98.4 Å². The van der Waals surface area contributed by atoms with Crippen LogP contribution in [0.3, 0.4) is 0 Å². The molecule has 9 heteroatoms. The number of aryl methyl sites for hydroxylation is 1. The molecule has 1 saturated heterocycles. The molecular formula is C27H23BrN2O4S2. The summed E-state index contributed by atoms with van der Waals surface area (Å²) in [5.41, 5.74) is 5.97. The first-order valence-corrected chi connectivity index (χ1v) is 13.2. The molecule has 0 aromatic heterocycles. The van der Waals surface area contributed by atoms with Crippen LogP contribution in [0.1, 0.15) is 34.0 Å². The SMILES string of the molecule is CCOc1cc(/C=C2\SC(=S)N(NC(=O)c3ccccc3)C2=O)cc(Br)c1OCc1ccccc1C. The summed E-state index contributed by atoms with van der Waals surface area (Å²) >= 11 is 10.0. The molecule has 0 aliphatic carbocycles. The van der Waals surface area contributed by atoms with Gasteiger partial charge in [0.2, 0.25) is 0 Å². The summed E-state index contributed by atoms with van der Waals surface area (Å²) in [4.78, 5) is 25.9. The van der Waals surface area contributed by atoms with Crippen LogP contribution in [-0.2, 0) is 11.4 Å². The smallest absolute Gasteiger partial charge is 0.285 e. The molecule has 6 nitrogen and oxygen atoms in total. The quantitative estimate of drug-likeness (QED) is 0.249. The maximum Gasteiger partial charge on any atom is 0.285 e. The maximum absolute atomic E-state index is 13.0. The Morgan fingerprint density at radius 1 is 1.11 bits per heavy atom. The number of hydrogen-bond donors (Lipinski definition) is 1. The predicted octanol–water partition coefficient (Wildman–Crippen LogP) is 6.28. The predicted molar refractivity (Wildman–Crippen MR) is 150 cm³/mol. The number of carbonyl (C=O) groups is 2. The minimum atomic E-state index is -0.412. The highest BCUT2D eigenvalue weighted by atomic mass is 79.9. The van der Waals surface area contributed by atoms with E-state index in [9.17, 15) is 9.59 Å². The van der Waals surface area contributed by atoms with E-state index in [2.05, 4.69) is 21.4 Å². The van der Waals surface area contributed by atoms with Gasteiger partial charge in [0.05, 0.1) is 16.0 Å². The summed E-state index contributed by atoms with van der Waals surface area (Å²) in [7, 11) is 0. The van der Waals surface area contributed by atoms with Crippen LogP contribution in [0.25, 0.3) is 6.08 Å². The van der Waals surface area contributed by atoms with Gasteiger partial charge in [-0.25, -0.2) is 0 Å². The summed E-state index contributed by atoms with van der Waals surface area (Å²) < 4.78 is 12.9. The lowest BCUT2D eigenvalue weighted by Gasteiger charge is -2.16. The molecule has 1 aliphatic heterocycles. The number of carbonyl (C=O) groups excluding carboxylic acids is 2. The first-order valence-electron chi connectivity index (χ1n) is 11.1. The van der Waals surface area contributed by atoms with Gasteiger partial charge in [-0.15, -0.1) is 0 Å². The molecule has 36 heavy (non-hydrogen) atoms. The number of hydrazine groups is 1. The Labute approximate surface area is 227 Å². The molecule has 2 amide bonds. The van der Waals surface area contributed by atoms with Crippen LogP contribution < -0.4 is 14.9 Å². The molecule has 0 unspecified atom stereocenters. The van der Waals surface area contributed by atoms with Crippen LogP contribution in [0.5, 0.6) is 11.5 Å². The fourth-order valence-corrected chi connectivity index (χ4v) is 5.22. The van der Waals surface area contributed by atoms with Gasteiger partial charge in [0.25, 0.3) is 11.8 Å². The van der Waals surface area contributed by atoms with E-state index < -0.39 is 11.8 Å². The van der Waals surface area contributed by atoms with Gasteiger partial charge >= 0.3 is 0 Å². The van der Waals surface area contributed by atoms with E-state index in [1.54, 1.807) is 30.3 Å². The van der Waals surface area contributed by atoms with Crippen LogP contribution in [0.2, 0.25) is 0 Å². The number of thioether (sulfide) groups is 1. The number of amides is 2. The lowest BCUT2D eigenvalue weighted by molar-refractivity contribution is -0.123. The highest BCUT2D eigenvalue weighted by molar-refractivity contribution is 9.10. The third kappa shape index (κ3) is 5.98. The van der Waals surface area contributed by atoms with Crippen molar-refractivity contribution >= 4 is 62.1 Å². The Bertz CT molecular complexity index is 1340. The molecule has 0 radical (unpaired) electrons. The van der Waals surface area contributed by atoms with Crippen molar-refractivity contribution in [2.45, 2.75) is 20.5 Å². The van der Waals surface area contributed by atoms with E-state index in [1.807, 2.05) is 56.3 Å². The zero-order valence-electron chi connectivity index (χ0n) is 19.6. The standard InChI is InChI=1S/C27H23BrN2O4S2/c1-3-33-22-14-18(13-21(28)24(22)34-16-20-12-8-7-9-17(20)2)15-23-26(32)30(27(35)36-23)29-25(31)19-10-5-4-6-11-19/h4-15H,3,16H2,1-2H3,(H,29,31)/b23-15-. The van der Waals surface area contributed by atoms with Crippen molar-refractivity contribution < 1.29 is 19.1 Å². The van der Waals surface area contributed by atoms with E-state index in [4.69, 9.17) is 21.7 Å². The van der Waals surface area contributed by atoms with Gasteiger partial charge in [0, 0.05) is 5.56 Å². The number of nitrogens with one attached hydrogen (secondary N) is 1. The highest BCUT2D eigenvalue weighted by Gasteiger charge is 2.34. The van der Waals surface area contributed by atoms with Crippen molar-refractivity contribution in [1.29, 1.82) is 0 Å². The zero-order valence-corrected chi connectivity index (χ0v) is 22.8. The lowest BCUT2D eigenvalue weighted by atomic mass is 10.1. The van der Waals surface area contributed by atoms with Crippen LogP contribution in [-0.4, -0.2) is 27.8 Å². The molecule has 0 atom stereocenters. The summed E-state index contributed by atoms with van der Waals surface area (Å²) in [5, 5.41) is 1.10. The second kappa shape index (κ2) is 11.7. The third-order valence-electron chi connectivity index (χ3n) is 5.31. The first kappa shape index (κ1) is 25.9. The first-order chi connectivity index (χ1) is 17.4. The molecule has 1 heterocycles. The summed E-state index contributed by atoms with van der Waals surface area (Å²) in [6.07, 6.45) is 1.71. The van der Waals surface area contributed by atoms with Gasteiger partial charge in [-0.1, -0.05) is 54.2 Å². The van der Waals surface area contributed by atoms with Crippen LogP contribution in [0.4, 0.5) is 0 Å².